The Hall–Kier alpha value is -0.930. The molecule has 0 spiro atoms. The van der Waals surface area contributed by atoms with E-state index in [4.69, 9.17) is 0 Å². The molecule has 76 valence electrons. The average Bonchev–Trinajstić information content (AvgIpc) is 2.05. The van der Waals surface area contributed by atoms with E-state index in [0.717, 1.165) is 6.42 Å². The Balaban J connectivity index is 3.72. The maximum atomic E-state index is 11.1. The zero-order valence-electron chi connectivity index (χ0n) is 8.28. The first kappa shape index (κ1) is 12.1. The molecular weight excluding hydrogens is 170 g/mol. The first-order valence-electron chi connectivity index (χ1n) is 4.77. The Kier molecular flexibility index (Phi) is 6.10. The molecule has 0 aliphatic carbocycles. The fraction of sp³-hybridized carbons (Fsp3) is 0.889. The minimum Gasteiger partial charge on any atom is -0.300 e. The third-order valence-corrected chi connectivity index (χ3v) is 2.05. The largest absolute Gasteiger partial charge is 0.300 e. The van der Waals surface area contributed by atoms with Crippen LogP contribution in [0, 0.1) is 10.1 Å². The summed E-state index contributed by atoms with van der Waals surface area (Å²) in [5.41, 5.74) is 0. The van der Waals surface area contributed by atoms with Gasteiger partial charge < -0.3 is 0 Å². The van der Waals surface area contributed by atoms with E-state index in [9.17, 15) is 14.9 Å². The quantitative estimate of drug-likeness (QED) is 0.453. The molecule has 0 N–H and O–H groups in total. The second kappa shape index (κ2) is 6.57. The van der Waals surface area contributed by atoms with Gasteiger partial charge in [-0.15, -0.1) is 0 Å². The van der Waals surface area contributed by atoms with E-state index in [0.29, 0.717) is 25.7 Å². The van der Waals surface area contributed by atoms with E-state index in [1.165, 1.54) is 0 Å². The Morgan fingerprint density at radius 1 is 1.38 bits per heavy atom. The average molecular weight is 187 g/mol. The maximum Gasteiger partial charge on any atom is 0.213 e. The molecule has 0 aliphatic rings. The third-order valence-electron chi connectivity index (χ3n) is 2.05. The van der Waals surface area contributed by atoms with Crippen molar-refractivity contribution >= 4 is 5.78 Å². The maximum absolute atomic E-state index is 11.1. The van der Waals surface area contributed by atoms with Crippen LogP contribution in [0.3, 0.4) is 0 Å². The third kappa shape index (κ3) is 5.33. The summed E-state index contributed by atoms with van der Waals surface area (Å²) in [5.74, 6) is 0.141. The molecule has 0 aliphatic heterocycles. The number of ketones is 1. The van der Waals surface area contributed by atoms with Crippen LogP contribution in [0.2, 0.25) is 0 Å². The molecule has 0 rings (SSSR count). The van der Waals surface area contributed by atoms with E-state index in [-0.39, 0.29) is 10.7 Å². The minimum absolute atomic E-state index is 0.141. The molecule has 0 saturated carbocycles. The van der Waals surface area contributed by atoms with Gasteiger partial charge in [0.1, 0.15) is 5.78 Å². The van der Waals surface area contributed by atoms with Gasteiger partial charge in [0.15, 0.2) is 0 Å². The zero-order valence-corrected chi connectivity index (χ0v) is 8.28. The van der Waals surface area contributed by atoms with Gasteiger partial charge in [-0.05, 0) is 6.42 Å². The van der Waals surface area contributed by atoms with Gasteiger partial charge in [-0.3, -0.25) is 14.9 Å². The van der Waals surface area contributed by atoms with Gasteiger partial charge in [-0.2, -0.15) is 0 Å². The summed E-state index contributed by atoms with van der Waals surface area (Å²) >= 11 is 0. The molecule has 4 nitrogen and oxygen atoms in total. The van der Waals surface area contributed by atoms with Crippen molar-refractivity contribution < 1.29 is 9.72 Å². The molecule has 0 aromatic rings. The Morgan fingerprint density at radius 2 is 2.00 bits per heavy atom. The van der Waals surface area contributed by atoms with Gasteiger partial charge in [0, 0.05) is 30.6 Å². The van der Waals surface area contributed by atoms with Gasteiger partial charge in [0.05, 0.1) is 0 Å². The molecule has 0 saturated heterocycles. The van der Waals surface area contributed by atoms with E-state index in [2.05, 4.69) is 0 Å². The number of carbonyl (C=O) groups is 1. The second-order valence-corrected chi connectivity index (χ2v) is 3.17. The number of rotatable bonds is 7. The molecular formula is C9H17NO3. The summed E-state index contributed by atoms with van der Waals surface area (Å²) in [4.78, 5) is 21.2. The first-order valence-corrected chi connectivity index (χ1v) is 4.77. The number of nitrogens with zero attached hydrogens (tertiary/aromatic N) is 1. The van der Waals surface area contributed by atoms with E-state index in [1.54, 1.807) is 6.92 Å². The van der Waals surface area contributed by atoms with Gasteiger partial charge in [0.25, 0.3) is 0 Å². The van der Waals surface area contributed by atoms with Crippen molar-refractivity contribution in [2.45, 2.75) is 52.0 Å². The lowest BCUT2D eigenvalue weighted by Crippen LogP contribution is -2.19. The predicted octanol–water partition coefficient (Wildman–Crippen LogP) is 2.19. The highest BCUT2D eigenvalue weighted by Crippen LogP contribution is 2.07. The summed E-state index contributed by atoms with van der Waals surface area (Å²) in [7, 11) is 0. The van der Waals surface area contributed by atoms with Crippen LogP contribution in [0.1, 0.15) is 46.0 Å². The van der Waals surface area contributed by atoms with Crippen LogP contribution in [0.4, 0.5) is 0 Å². The predicted molar refractivity (Wildman–Crippen MR) is 50.2 cm³/mol. The molecule has 0 heterocycles. The summed E-state index contributed by atoms with van der Waals surface area (Å²) in [6.07, 6.45) is 2.63. The number of nitro groups is 1. The summed E-state index contributed by atoms with van der Waals surface area (Å²) < 4.78 is 0. The van der Waals surface area contributed by atoms with Crippen molar-refractivity contribution in [1.82, 2.24) is 0 Å². The first-order chi connectivity index (χ1) is 6.11. The molecule has 1 atom stereocenters. The molecule has 1 unspecified atom stereocenters. The number of carbonyl (C=O) groups excluding carboxylic acids is 1. The van der Waals surface area contributed by atoms with E-state index >= 15 is 0 Å². The number of Topliss-reactive ketones (excluding diaryl/α,β-unsaturated/α-hetero) is 1. The van der Waals surface area contributed by atoms with Crippen LogP contribution in [-0.2, 0) is 4.79 Å². The fourth-order valence-corrected chi connectivity index (χ4v) is 1.19. The van der Waals surface area contributed by atoms with Crippen LogP contribution in [0.5, 0.6) is 0 Å². The minimum atomic E-state index is -0.541. The highest BCUT2D eigenvalue weighted by Gasteiger charge is 2.18. The SMILES string of the molecule is CCCC(=O)CCC(CC)[N+](=O)[O-]. The molecule has 0 fully saturated rings. The molecule has 0 radical (unpaired) electrons. The highest BCUT2D eigenvalue weighted by molar-refractivity contribution is 5.78. The smallest absolute Gasteiger partial charge is 0.213 e. The monoisotopic (exact) mass is 187 g/mol. The van der Waals surface area contributed by atoms with E-state index in [1.807, 2.05) is 6.92 Å². The standard InChI is InChI=1S/C9H17NO3/c1-3-5-9(11)7-6-8(4-2)10(12)13/h8H,3-7H2,1-2H3. The van der Waals surface area contributed by atoms with Gasteiger partial charge in [-0.1, -0.05) is 13.8 Å². The van der Waals surface area contributed by atoms with Crippen LogP contribution in [0.25, 0.3) is 0 Å². The zero-order chi connectivity index (χ0) is 10.3. The molecule has 0 aromatic carbocycles. The molecule has 13 heavy (non-hydrogen) atoms. The lowest BCUT2D eigenvalue weighted by Gasteiger charge is -2.05. The second-order valence-electron chi connectivity index (χ2n) is 3.17. The summed E-state index contributed by atoms with van der Waals surface area (Å²) in [5, 5.41) is 10.4. The number of hydrogen-bond donors (Lipinski definition) is 0. The normalized spacial score (nSPS) is 12.5. The Bertz CT molecular complexity index is 180. The molecule has 0 bridgehead atoms. The van der Waals surface area contributed by atoms with Gasteiger partial charge in [-0.25, -0.2) is 0 Å². The van der Waals surface area contributed by atoms with Crippen molar-refractivity contribution in [3.05, 3.63) is 10.1 Å². The van der Waals surface area contributed by atoms with Crippen molar-refractivity contribution in [1.29, 1.82) is 0 Å². The Labute approximate surface area is 78.5 Å². The van der Waals surface area contributed by atoms with Crippen LogP contribution in [0.15, 0.2) is 0 Å². The van der Waals surface area contributed by atoms with Gasteiger partial charge >= 0.3 is 0 Å². The highest BCUT2D eigenvalue weighted by atomic mass is 16.6. The van der Waals surface area contributed by atoms with Crippen molar-refractivity contribution in [2.75, 3.05) is 0 Å². The van der Waals surface area contributed by atoms with Crippen LogP contribution < -0.4 is 0 Å². The van der Waals surface area contributed by atoms with Crippen LogP contribution in [-0.4, -0.2) is 16.7 Å². The summed E-state index contributed by atoms with van der Waals surface area (Å²) in [6, 6.07) is -0.541. The van der Waals surface area contributed by atoms with Crippen molar-refractivity contribution in [2.24, 2.45) is 0 Å². The van der Waals surface area contributed by atoms with Crippen LogP contribution >= 0.6 is 0 Å². The molecule has 4 heteroatoms. The lowest BCUT2D eigenvalue weighted by molar-refractivity contribution is -0.523. The fourth-order valence-electron chi connectivity index (χ4n) is 1.19. The Morgan fingerprint density at radius 3 is 2.38 bits per heavy atom. The van der Waals surface area contributed by atoms with E-state index < -0.39 is 6.04 Å². The summed E-state index contributed by atoms with van der Waals surface area (Å²) in [6.45, 7) is 3.71. The van der Waals surface area contributed by atoms with Crippen molar-refractivity contribution in [3.63, 3.8) is 0 Å². The molecule has 0 amide bonds. The molecule has 0 aromatic heterocycles. The van der Waals surface area contributed by atoms with Gasteiger partial charge in [0.2, 0.25) is 6.04 Å². The topological polar surface area (TPSA) is 60.2 Å². The van der Waals surface area contributed by atoms with Crippen molar-refractivity contribution in [3.8, 4) is 0 Å². The lowest BCUT2D eigenvalue weighted by atomic mass is 10.1. The number of hydrogen-bond acceptors (Lipinski definition) is 3.